The summed E-state index contributed by atoms with van der Waals surface area (Å²) in [5, 5.41) is 30.1. The van der Waals surface area contributed by atoms with E-state index in [1.165, 1.54) is 51.6 Å². The molecule has 1 heterocycles. The molecule has 0 spiro atoms. The molecule has 0 aliphatic carbocycles. The highest BCUT2D eigenvalue weighted by Gasteiger charge is 2.55. The van der Waals surface area contributed by atoms with Gasteiger partial charge in [-0.25, -0.2) is 28.8 Å². The van der Waals surface area contributed by atoms with E-state index in [0.717, 1.165) is 17.2 Å². The number of amides is 3. The maximum absolute atomic E-state index is 12.2. The van der Waals surface area contributed by atoms with Gasteiger partial charge in [0, 0.05) is 30.8 Å². The molecule has 2 aromatic carbocycles. The lowest BCUT2D eigenvalue weighted by atomic mass is 9.90. The molecule has 1 saturated heterocycles. The van der Waals surface area contributed by atoms with Gasteiger partial charge in [-0.1, -0.05) is 99.7 Å². The standard InChI is InChI=1S/C18H21NO6.C15H19NO5.C13H21NO4.C3H7NO3/c1-4-11-18(16(21)24-3,12-10-15(20)23-2)19-17(22)25-13-14-8-6-5-7-9-14;1-3-9-15(11-17,13(18)20-2)16-14(19)21-10-12-7-5-4-6-8-12;1-6-7-13(11(16)17-5)8-18-10(12(2,3)4)14(13)9-15;4-2(1-5)3(6)7/h4-10,12H,1,11,13H2,2-3H3,(H,19,22);3-8,17H,1,9-11H2,2H3,(H,16,19);6,9-10H,1,7-8H2,2-5H3;2,5H,1,4H2,(H,6,7)/b12-10+;;;/t18-;15-;10-,13+;2-/m0010/s1. The van der Waals surface area contributed by atoms with E-state index in [-0.39, 0.29) is 38.1 Å². The smallest absolute Gasteiger partial charge is 0.408 e. The van der Waals surface area contributed by atoms with E-state index in [9.17, 15) is 43.5 Å². The largest absolute Gasteiger partial charge is 0.480 e. The zero-order chi connectivity index (χ0) is 54.3. The van der Waals surface area contributed by atoms with Crippen molar-refractivity contribution in [1.29, 1.82) is 0 Å². The second kappa shape index (κ2) is 32.4. The molecule has 2 aromatic rings. The minimum atomic E-state index is -1.63. The summed E-state index contributed by atoms with van der Waals surface area (Å²) in [6.07, 6.45) is 5.51. The molecular weight excluding hydrogens is 933 g/mol. The van der Waals surface area contributed by atoms with Crippen LogP contribution in [-0.2, 0) is 75.1 Å². The van der Waals surface area contributed by atoms with E-state index in [1.807, 2.05) is 57.2 Å². The number of esters is 4. The monoisotopic (exact) mass is 1000 g/mol. The summed E-state index contributed by atoms with van der Waals surface area (Å²) >= 11 is 0. The summed E-state index contributed by atoms with van der Waals surface area (Å²) < 4.78 is 34.5. The van der Waals surface area contributed by atoms with Crippen LogP contribution in [0.25, 0.3) is 0 Å². The minimum absolute atomic E-state index is 0.00634. The SMILES string of the molecule is C=CC[C@@](/C=C/C(=O)OC)(NC(=O)OCc1ccccc1)C(=O)OC.C=CC[C@@](CO)(NC(=O)OCc1ccccc1)C(=O)OC.C=CC[C@@]1(C(=O)OC)CO[C@H](C(C)(C)C)N1C=O.N[C@@H](CO)C(=O)O. The Morgan fingerprint density at radius 3 is 1.66 bits per heavy atom. The van der Waals surface area contributed by atoms with Crippen LogP contribution in [0.1, 0.15) is 51.2 Å². The van der Waals surface area contributed by atoms with Gasteiger partial charge < -0.3 is 64.8 Å². The molecule has 5 atom stereocenters. The first-order valence-electron chi connectivity index (χ1n) is 21.4. The summed E-state index contributed by atoms with van der Waals surface area (Å²) in [4.78, 5) is 93.7. The average molecular weight is 1000 g/mol. The van der Waals surface area contributed by atoms with E-state index < -0.39 is 84.1 Å². The maximum Gasteiger partial charge on any atom is 0.408 e. The number of rotatable bonds is 21. The number of carboxylic acids is 1. The first-order valence-corrected chi connectivity index (χ1v) is 21.4. The number of methoxy groups -OCH3 is 4. The number of aliphatic hydroxyl groups is 2. The lowest BCUT2D eigenvalue weighted by Gasteiger charge is -2.37. The highest BCUT2D eigenvalue weighted by molar-refractivity contribution is 5.91. The molecule has 22 nitrogen and oxygen atoms in total. The van der Waals surface area contributed by atoms with Gasteiger partial charge in [0.05, 0.1) is 48.3 Å². The summed E-state index contributed by atoms with van der Waals surface area (Å²) in [6.45, 7) is 15.7. The summed E-state index contributed by atoms with van der Waals surface area (Å²) in [5.41, 5.74) is 1.79. The first-order chi connectivity index (χ1) is 33.6. The molecule has 0 aromatic heterocycles. The Kier molecular flexibility index (Phi) is 29.0. The van der Waals surface area contributed by atoms with Gasteiger partial charge in [-0.05, 0) is 17.2 Å². The fraction of sp³-hybridized carbons (Fsp3) is 0.429. The molecule has 1 aliphatic heterocycles. The summed E-state index contributed by atoms with van der Waals surface area (Å²) in [5.74, 6) is -3.87. The Morgan fingerprint density at radius 2 is 1.30 bits per heavy atom. The third-order valence-electron chi connectivity index (χ3n) is 9.79. The average Bonchev–Trinajstić information content (AvgIpc) is 3.76. The van der Waals surface area contributed by atoms with Gasteiger partial charge in [0.15, 0.2) is 16.6 Å². The number of aliphatic carboxylic acids is 1. The second-order valence-electron chi connectivity index (χ2n) is 16.1. The number of hydrogen-bond donors (Lipinski definition) is 6. The first kappa shape index (κ1) is 63.6. The Labute approximate surface area is 413 Å². The molecule has 71 heavy (non-hydrogen) atoms. The number of ether oxygens (including phenoxy) is 7. The number of benzene rings is 2. The van der Waals surface area contributed by atoms with E-state index in [2.05, 4.69) is 39.8 Å². The quantitative estimate of drug-likeness (QED) is 0.0344. The van der Waals surface area contributed by atoms with E-state index in [1.54, 1.807) is 30.3 Å². The molecule has 3 rings (SSSR count). The zero-order valence-electron chi connectivity index (χ0n) is 41.2. The van der Waals surface area contributed by atoms with Gasteiger partial charge in [-0.3, -0.25) is 14.5 Å². The Balaban J connectivity index is 0.000000978. The fourth-order valence-corrected chi connectivity index (χ4v) is 6.08. The van der Waals surface area contributed by atoms with Crippen molar-refractivity contribution in [2.24, 2.45) is 11.1 Å². The molecule has 1 fully saturated rings. The number of carbonyl (C=O) groups excluding carboxylic acids is 7. The van der Waals surface area contributed by atoms with Crippen LogP contribution in [0, 0.1) is 5.41 Å². The number of carbonyl (C=O) groups is 8. The normalized spacial score (nSPS) is 16.7. The maximum atomic E-state index is 12.2. The molecular formula is C49H68N4O18. The Hall–Kier alpha value is -7.40. The topological polar surface area (TPSA) is 315 Å². The van der Waals surface area contributed by atoms with Gasteiger partial charge >= 0.3 is 42.0 Å². The van der Waals surface area contributed by atoms with Crippen LogP contribution in [0.4, 0.5) is 9.59 Å². The number of alkyl carbamates (subject to hydrolysis) is 2. The van der Waals surface area contributed by atoms with Crippen LogP contribution in [0.5, 0.6) is 0 Å². The third kappa shape index (κ3) is 20.6. The number of nitrogens with two attached hydrogens (primary N) is 1. The molecule has 0 bridgehead atoms. The van der Waals surface area contributed by atoms with Crippen molar-refractivity contribution < 1.29 is 86.8 Å². The van der Waals surface area contributed by atoms with Gasteiger partial charge in [0.25, 0.3) is 0 Å². The van der Waals surface area contributed by atoms with Crippen LogP contribution in [-0.4, -0.2) is 146 Å². The zero-order valence-corrected chi connectivity index (χ0v) is 41.2. The molecule has 0 unspecified atom stereocenters. The third-order valence-corrected chi connectivity index (χ3v) is 9.79. The van der Waals surface area contributed by atoms with Gasteiger partial charge in [-0.15, -0.1) is 19.7 Å². The molecule has 3 amide bonds. The highest BCUT2D eigenvalue weighted by Crippen LogP contribution is 2.38. The Morgan fingerprint density at radius 1 is 0.789 bits per heavy atom. The van der Waals surface area contributed by atoms with Crippen molar-refractivity contribution in [3.8, 4) is 0 Å². The molecule has 1 aliphatic rings. The van der Waals surface area contributed by atoms with Crippen LogP contribution < -0.4 is 16.4 Å². The van der Waals surface area contributed by atoms with Crippen molar-refractivity contribution in [2.75, 3.05) is 48.3 Å². The minimum Gasteiger partial charge on any atom is -0.480 e. The molecule has 392 valence electrons. The van der Waals surface area contributed by atoms with Gasteiger partial charge in [0.2, 0.25) is 6.41 Å². The lowest BCUT2D eigenvalue weighted by Crippen LogP contribution is -2.57. The van der Waals surface area contributed by atoms with Gasteiger partial charge in [0.1, 0.15) is 25.5 Å². The highest BCUT2D eigenvalue weighted by atomic mass is 16.6. The molecule has 0 saturated carbocycles. The van der Waals surface area contributed by atoms with E-state index in [0.29, 0.717) is 12.8 Å². The number of nitrogens with zero attached hydrogens (tertiary/aromatic N) is 1. The van der Waals surface area contributed by atoms with Crippen LogP contribution in [0.2, 0.25) is 0 Å². The van der Waals surface area contributed by atoms with Crippen molar-refractivity contribution >= 4 is 48.4 Å². The van der Waals surface area contributed by atoms with Crippen LogP contribution in [0.3, 0.4) is 0 Å². The van der Waals surface area contributed by atoms with Crippen molar-refractivity contribution in [1.82, 2.24) is 15.5 Å². The van der Waals surface area contributed by atoms with E-state index >= 15 is 0 Å². The lowest BCUT2D eigenvalue weighted by molar-refractivity contribution is -0.158. The van der Waals surface area contributed by atoms with Crippen LogP contribution >= 0.6 is 0 Å². The van der Waals surface area contributed by atoms with Crippen molar-refractivity contribution in [3.63, 3.8) is 0 Å². The van der Waals surface area contributed by atoms with E-state index in [4.69, 9.17) is 39.6 Å². The number of carboxylic acid groups (broad SMARTS) is 1. The summed E-state index contributed by atoms with van der Waals surface area (Å²) in [6, 6.07) is 17.0. The predicted molar refractivity (Wildman–Crippen MR) is 256 cm³/mol. The number of hydrogen-bond acceptors (Lipinski definition) is 18. The second-order valence-corrected chi connectivity index (χ2v) is 16.1. The van der Waals surface area contributed by atoms with Crippen molar-refractivity contribution in [2.45, 2.75) is 82.1 Å². The van der Waals surface area contributed by atoms with Gasteiger partial charge in [-0.2, -0.15) is 0 Å². The van der Waals surface area contributed by atoms with Crippen LogP contribution in [0.15, 0.2) is 111 Å². The molecule has 7 N–H and O–H groups in total. The number of aliphatic hydroxyl groups excluding tert-OH is 2. The number of nitrogens with one attached hydrogen (secondary N) is 2. The van der Waals surface area contributed by atoms with Crippen molar-refractivity contribution in [3.05, 3.63) is 122 Å². The molecule has 22 heteroatoms. The fourth-order valence-electron chi connectivity index (χ4n) is 6.08. The Bertz CT molecular complexity index is 2080. The summed E-state index contributed by atoms with van der Waals surface area (Å²) in [7, 11) is 4.85. The predicted octanol–water partition coefficient (Wildman–Crippen LogP) is 3.25. The molecule has 0 radical (unpaired) electrons.